The molecule has 0 radical (unpaired) electrons. The van der Waals surface area contributed by atoms with Gasteiger partial charge in [-0.1, -0.05) is 18.2 Å². The third-order valence-corrected chi connectivity index (χ3v) is 3.66. The average Bonchev–Trinajstić information content (AvgIpc) is 2.86. The highest BCUT2D eigenvalue weighted by Crippen LogP contribution is 2.24. The number of hydrogen-bond acceptors (Lipinski definition) is 4. The fourth-order valence-electron chi connectivity index (χ4n) is 2.61. The summed E-state index contributed by atoms with van der Waals surface area (Å²) in [6.45, 7) is 3.68. The van der Waals surface area contributed by atoms with Crippen LogP contribution < -0.4 is 10.6 Å². The Hall–Kier alpha value is -2.56. The van der Waals surface area contributed by atoms with Crippen LogP contribution in [-0.2, 0) is 13.1 Å². The van der Waals surface area contributed by atoms with E-state index in [-0.39, 0.29) is 0 Å². The summed E-state index contributed by atoms with van der Waals surface area (Å²) in [4.78, 5) is 6.13. The molecular formula is C16H19N5. The van der Waals surface area contributed by atoms with E-state index in [0.717, 1.165) is 17.9 Å². The van der Waals surface area contributed by atoms with E-state index in [1.165, 1.54) is 10.9 Å². The monoisotopic (exact) mass is 281 g/mol. The van der Waals surface area contributed by atoms with Gasteiger partial charge in [0.15, 0.2) is 0 Å². The molecule has 0 unspecified atom stereocenters. The summed E-state index contributed by atoms with van der Waals surface area (Å²) in [5.74, 6) is 0. The average molecular weight is 281 g/mol. The number of nitrogen functional groups attached to an aromatic ring is 1. The molecule has 0 saturated carbocycles. The zero-order chi connectivity index (χ0) is 14.8. The van der Waals surface area contributed by atoms with Crippen LogP contribution in [0.2, 0.25) is 0 Å². The highest BCUT2D eigenvalue weighted by atomic mass is 15.3. The Bertz CT molecular complexity index is 762. The summed E-state index contributed by atoms with van der Waals surface area (Å²) in [5, 5.41) is 5.91. The summed E-state index contributed by atoms with van der Waals surface area (Å²) >= 11 is 0. The molecule has 1 aromatic carbocycles. The molecule has 2 aromatic heterocycles. The van der Waals surface area contributed by atoms with Crippen molar-refractivity contribution in [2.45, 2.75) is 20.0 Å². The number of aryl methyl sites for hydroxylation is 1. The van der Waals surface area contributed by atoms with E-state index in [1.54, 1.807) is 12.4 Å². The highest BCUT2D eigenvalue weighted by molar-refractivity contribution is 5.82. The van der Waals surface area contributed by atoms with Gasteiger partial charge in [0, 0.05) is 25.2 Å². The first-order valence-electron chi connectivity index (χ1n) is 7.05. The summed E-state index contributed by atoms with van der Waals surface area (Å²) in [5.41, 5.74) is 9.88. The normalized spacial score (nSPS) is 11.0. The number of anilines is 2. The van der Waals surface area contributed by atoms with Crippen LogP contribution in [-0.4, -0.2) is 21.8 Å². The van der Waals surface area contributed by atoms with E-state index in [1.807, 2.05) is 29.9 Å². The highest BCUT2D eigenvalue weighted by Gasteiger charge is 2.12. The lowest BCUT2D eigenvalue weighted by Crippen LogP contribution is -2.18. The van der Waals surface area contributed by atoms with Gasteiger partial charge in [0.2, 0.25) is 0 Å². The molecule has 0 aliphatic heterocycles. The van der Waals surface area contributed by atoms with Crippen molar-refractivity contribution in [1.82, 2.24) is 14.8 Å². The molecule has 0 aliphatic rings. The van der Waals surface area contributed by atoms with Crippen LogP contribution in [0.25, 0.3) is 10.9 Å². The zero-order valence-corrected chi connectivity index (χ0v) is 12.3. The standard InChI is InChI=1S/C16H19N5/c1-3-21-15-7-5-4-6-12(15)14(19-21)11-20(2)16-8-9-18-10-13(16)17/h4-10H,3,11,17H2,1-2H3. The first kappa shape index (κ1) is 13.4. The quantitative estimate of drug-likeness (QED) is 0.798. The number of nitrogens with zero attached hydrogens (tertiary/aromatic N) is 4. The molecule has 0 atom stereocenters. The number of pyridine rings is 1. The van der Waals surface area contributed by atoms with Gasteiger partial charge < -0.3 is 10.6 Å². The number of rotatable bonds is 4. The SMILES string of the molecule is CCn1nc(CN(C)c2ccncc2N)c2ccccc21. The van der Waals surface area contributed by atoms with Gasteiger partial charge >= 0.3 is 0 Å². The molecule has 0 saturated heterocycles. The van der Waals surface area contributed by atoms with Crippen LogP contribution in [0.1, 0.15) is 12.6 Å². The van der Waals surface area contributed by atoms with E-state index >= 15 is 0 Å². The second-order valence-corrected chi connectivity index (χ2v) is 5.07. The number of benzene rings is 1. The molecule has 2 heterocycles. The molecule has 108 valence electrons. The second-order valence-electron chi connectivity index (χ2n) is 5.07. The van der Waals surface area contributed by atoms with Crippen molar-refractivity contribution in [1.29, 1.82) is 0 Å². The Morgan fingerprint density at radius 1 is 1.24 bits per heavy atom. The Morgan fingerprint density at radius 2 is 2.05 bits per heavy atom. The molecule has 2 N–H and O–H groups in total. The van der Waals surface area contributed by atoms with Gasteiger partial charge in [-0.05, 0) is 19.1 Å². The molecule has 3 rings (SSSR count). The van der Waals surface area contributed by atoms with Crippen LogP contribution in [0, 0.1) is 0 Å². The Balaban J connectivity index is 1.97. The predicted octanol–water partition coefficient (Wildman–Crippen LogP) is 2.67. The molecular weight excluding hydrogens is 262 g/mol. The predicted molar refractivity (Wildman–Crippen MR) is 86.2 cm³/mol. The number of hydrogen-bond donors (Lipinski definition) is 1. The van der Waals surface area contributed by atoms with Gasteiger partial charge in [-0.15, -0.1) is 0 Å². The fourth-order valence-corrected chi connectivity index (χ4v) is 2.61. The molecule has 0 bridgehead atoms. The minimum absolute atomic E-state index is 0.680. The summed E-state index contributed by atoms with van der Waals surface area (Å²) < 4.78 is 2.04. The molecule has 5 nitrogen and oxygen atoms in total. The van der Waals surface area contributed by atoms with Gasteiger partial charge in [0.1, 0.15) is 0 Å². The third kappa shape index (κ3) is 2.42. The molecule has 21 heavy (non-hydrogen) atoms. The van der Waals surface area contributed by atoms with Crippen molar-refractivity contribution in [2.75, 3.05) is 17.7 Å². The second kappa shape index (κ2) is 5.44. The van der Waals surface area contributed by atoms with Crippen molar-refractivity contribution >= 4 is 22.3 Å². The minimum Gasteiger partial charge on any atom is -0.396 e. The molecule has 3 aromatic rings. The van der Waals surface area contributed by atoms with Crippen LogP contribution in [0.5, 0.6) is 0 Å². The molecule has 5 heteroatoms. The van der Waals surface area contributed by atoms with Gasteiger partial charge in [-0.25, -0.2) is 0 Å². The van der Waals surface area contributed by atoms with Gasteiger partial charge in [-0.2, -0.15) is 5.10 Å². The maximum absolute atomic E-state index is 5.99. The zero-order valence-electron chi connectivity index (χ0n) is 12.3. The lowest BCUT2D eigenvalue weighted by molar-refractivity contribution is 0.665. The third-order valence-electron chi connectivity index (χ3n) is 3.66. The van der Waals surface area contributed by atoms with Crippen molar-refractivity contribution in [3.05, 3.63) is 48.4 Å². The Morgan fingerprint density at radius 3 is 2.81 bits per heavy atom. The number of fused-ring (bicyclic) bond motifs is 1. The first-order chi connectivity index (χ1) is 10.2. The van der Waals surface area contributed by atoms with E-state index in [4.69, 9.17) is 10.8 Å². The maximum Gasteiger partial charge on any atom is 0.0896 e. The number of aromatic nitrogens is 3. The van der Waals surface area contributed by atoms with Crippen molar-refractivity contribution in [3.63, 3.8) is 0 Å². The van der Waals surface area contributed by atoms with Gasteiger partial charge in [0.05, 0.1) is 35.3 Å². The largest absolute Gasteiger partial charge is 0.396 e. The van der Waals surface area contributed by atoms with Gasteiger partial charge in [0.25, 0.3) is 0 Å². The van der Waals surface area contributed by atoms with Crippen LogP contribution >= 0.6 is 0 Å². The number of nitrogens with two attached hydrogens (primary N) is 1. The van der Waals surface area contributed by atoms with Gasteiger partial charge in [-0.3, -0.25) is 9.67 Å². The number of para-hydroxylation sites is 1. The first-order valence-corrected chi connectivity index (χ1v) is 7.05. The lowest BCUT2D eigenvalue weighted by atomic mass is 10.2. The van der Waals surface area contributed by atoms with E-state index < -0.39 is 0 Å². The Kier molecular flexibility index (Phi) is 3.48. The molecule has 0 amide bonds. The fraction of sp³-hybridized carbons (Fsp3) is 0.250. The summed E-state index contributed by atoms with van der Waals surface area (Å²) in [6, 6.07) is 10.2. The van der Waals surface area contributed by atoms with Crippen LogP contribution in [0.3, 0.4) is 0 Å². The smallest absolute Gasteiger partial charge is 0.0896 e. The molecule has 0 spiro atoms. The van der Waals surface area contributed by atoms with Crippen molar-refractivity contribution in [3.8, 4) is 0 Å². The summed E-state index contributed by atoms with van der Waals surface area (Å²) in [7, 11) is 2.02. The van der Waals surface area contributed by atoms with Crippen LogP contribution in [0.4, 0.5) is 11.4 Å². The maximum atomic E-state index is 5.99. The van der Waals surface area contributed by atoms with E-state index in [2.05, 4.69) is 28.9 Å². The molecule has 0 aliphatic carbocycles. The van der Waals surface area contributed by atoms with E-state index in [9.17, 15) is 0 Å². The van der Waals surface area contributed by atoms with Crippen molar-refractivity contribution < 1.29 is 0 Å². The molecule has 0 fully saturated rings. The minimum atomic E-state index is 0.680. The van der Waals surface area contributed by atoms with Crippen LogP contribution in [0.15, 0.2) is 42.7 Å². The lowest BCUT2D eigenvalue weighted by Gasteiger charge is -2.19. The topological polar surface area (TPSA) is 60.0 Å². The summed E-state index contributed by atoms with van der Waals surface area (Å²) in [6.07, 6.45) is 3.43. The van der Waals surface area contributed by atoms with E-state index in [0.29, 0.717) is 12.2 Å². The Labute approximate surface area is 124 Å². The van der Waals surface area contributed by atoms with Crippen molar-refractivity contribution in [2.24, 2.45) is 0 Å².